The molecule has 0 saturated heterocycles. The monoisotopic (exact) mass is 791 g/mol. The van der Waals surface area contributed by atoms with Crippen LogP contribution in [0.4, 0.5) is 0 Å². The summed E-state index contributed by atoms with van der Waals surface area (Å²) < 4.78 is 4.35. The molecule has 0 saturated carbocycles. The Morgan fingerprint density at radius 3 is 1.21 bits per heavy atom. The molecule has 0 fully saturated rings. The lowest BCUT2D eigenvalue weighted by molar-refractivity contribution is 1.01. The third-order valence-electron chi connectivity index (χ3n) is 11.3. The Morgan fingerprint density at radius 1 is 0.387 bits per heavy atom. The van der Waals surface area contributed by atoms with E-state index < -0.39 is 0 Å². The molecule has 0 atom stereocenters. The van der Waals surface area contributed by atoms with E-state index in [1.807, 2.05) is 68.4 Å². The number of aromatic nitrogens is 4. The standard InChI is InChI=1S/C53H29N9/c1-31-15-46(60-32(2)59-31)53-51(61-47-9-5-3-7-42(47)44-13-11-38(24-49(44)61)40-18-33(26-54)16-34(19-40)27-55)22-37(30-58)23-52(53)62-48-10-6-4-8-43(48)45-14-12-39(25-50(45)62)41-20-35(28-56)17-36(21-41)29-57/h3-25H,1-2H3. The molecule has 0 aliphatic rings. The molecule has 9 heteroatoms. The maximum Gasteiger partial charge on any atom is 0.126 e. The van der Waals surface area contributed by atoms with E-state index in [9.17, 15) is 26.3 Å². The zero-order chi connectivity index (χ0) is 42.6. The van der Waals surface area contributed by atoms with Crippen molar-refractivity contribution in [1.29, 1.82) is 26.3 Å². The number of para-hydroxylation sites is 2. The van der Waals surface area contributed by atoms with Crippen molar-refractivity contribution in [1.82, 2.24) is 19.1 Å². The molecule has 0 aliphatic carbocycles. The highest BCUT2D eigenvalue weighted by Crippen LogP contribution is 2.44. The molecule has 10 rings (SSSR count). The zero-order valence-corrected chi connectivity index (χ0v) is 33.3. The van der Waals surface area contributed by atoms with Gasteiger partial charge in [-0.05, 0) is 115 Å². The summed E-state index contributed by atoms with van der Waals surface area (Å²) in [5.74, 6) is 0.589. The molecular weight excluding hydrogens is 763 g/mol. The van der Waals surface area contributed by atoms with Crippen LogP contribution in [0, 0.1) is 70.5 Å². The van der Waals surface area contributed by atoms with E-state index in [2.05, 4.69) is 93.0 Å². The Labute approximate surface area is 355 Å². The normalized spacial score (nSPS) is 11.0. The summed E-state index contributed by atoms with van der Waals surface area (Å²) in [4.78, 5) is 9.74. The zero-order valence-electron chi connectivity index (χ0n) is 33.3. The number of rotatable bonds is 5. The van der Waals surface area contributed by atoms with Gasteiger partial charge in [-0.15, -0.1) is 0 Å². The molecule has 10 aromatic rings. The maximum atomic E-state index is 10.9. The van der Waals surface area contributed by atoms with E-state index in [4.69, 9.17) is 4.98 Å². The number of hydrogen-bond donors (Lipinski definition) is 0. The van der Waals surface area contributed by atoms with Crippen LogP contribution in [0.25, 0.3) is 88.5 Å². The number of nitriles is 5. The van der Waals surface area contributed by atoms with Crippen molar-refractivity contribution in [3.63, 3.8) is 0 Å². The first-order valence-corrected chi connectivity index (χ1v) is 19.7. The van der Waals surface area contributed by atoms with E-state index in [1.165, 1.54) is 0 Å². The summed E-state index contributed by atoms with van der Waals surface area (Å²) in [5.41, 5.74) is 12.2. The summed E-state index contributed by atoms with van der Waals surface area (Å²) in [6.07, 6.45) is 0. The first-order chi connectivity index (χ1) is 30.3. The summed E-state index contributed by atoms with van der Waals surface area (Å²) in [7, 11) is 0. The number of aryl methyl sites for hydroxylation is 2. The molecular formula is C53H29N9. The average Bonchev–Trinajstić information content (AvgIpc) is 3.82. The van der Waals surface area contributed by atoms with Gasteiger partial charge in [-0.3, -0.25) is 0 Å². The molecule has 0 radical (unpaired) electrons. The van der Waals surface area contributed by atoms with E-state index >= 15 is 0 Å². The Balaban J connectivity index is 1.35. The predicted molar refractivity (Wildman–Crippen MR) is 240 cm³/mol. The van der Waals surface area contributed by atoms with Crippen molar-refractivity contribution in [2.45, 2.75) is 13.8 Å². The number of benzene rings is 7. The van der Waals surface area contributed by atoms with Gasteiger partial charge < -0.3 is 9.13 Å². The van der Waals surface area contributed by atoms with Crippen LogP contribution in [0.3, 0.4) is 0 Å². The lowest BCUT2D eigenvalue weighted by Crippen LogP contribution is -2.07. The molecule has 0 bridgehead atoms. The minimum atomic E-state index is 0.389. The van der Waals surface area contributed by atoms with Gasteiger partial charge in [0, 0.05) is 32.8 Å². The Kier molecular flexibility index (Phi) is 8.64. The Morgan fingerprint density at radius 2 is 0.790 bits per heavy atom. The van der Waals surface area contributed by atoms with Crippen molar-refractivity contribution in [2.24, 2.45) is 0 Å². The number of nitrogens with zero attached hydrogens (tertiary/aromatic N) is 9. The quantitative estimate of drug-likeness (QED) is 0.168. The van der Waals surface area contributed by atoms with Crippen molar-refractivity contribution in [3.05, 3.63) is 179 Å². The molecule has 0 N–H and O–H groups in total. The lowest BCUT2D eigenvalue weighted by Gasteiger charge is -2.21. The van der Waals surface area contributed by atoms with Gasteiger partial charge in [0.25, 0.3) is 0 Å². The Bertz CT molecular complexity index is 3490. The molecule has 9 nitrogen and oxygen atoms in total. The smallest absolute Gasteiger partial charge is 0.126 e. The second-order valence-corrected chi connectivity index (χ2v) is 15.2. The predicted octanol–water partition coefficient (Wildman–Crippen LogP) is 11.6. The lowest BCUT2D eigenvalue weighted by atomic mass is 9.98. The van der Waals surface area contributed by atoms with E-state index in [0.29, 0.717) is 50.7 Å². The second kappa shape index (κ2) is 14.5. The van der Waals surface area contributed by atoms with Crippen LogP contribution < -0.4 is 0 Å². The van der Waals surface area contributed by atoms with Crippen LogP contribution in [-0.4, -0.2) is 19.1 Å². The van der Waals surface area contributed by atoms with Crippen LogP contribution in [0.15, 0.2) is 140 Å². The topological polar surface area (TPSA) is 155 Å². The van der Waals surface area contributed by atoms with E-state index in [0.717, 1.165) is 77.1 Å². The first kappa shape index (κ1) is 37.0. The fourth-order valence-corrected chi connectivity index (χ4v) is 8.80. The summed E-state index contributed by atoms with van der Waals surface area (Å²) in [5, 5.41) is 54.2. The Hall–Kier alpha value is -9.33. The SMILES string of the molecule is Cc1cc(-c2c(-n3c4ccccc4c4ccc(-c5cc(C#N)cc(C#N)c5)cc43)cc(C#N)cc2-n2c3ccccc3c3ccc(-c4cc(C#N)cc(C#N)c4)cc32)nc(C)n1. The van der Waals surface area contributed by atoms with Gasteiger partial charge in [-0.2, -0.15) is 26.3 Å². The highest BCUT2D eigenvalue weighted by molar-refractivity contribution is 6.13. The van der Waals surface area contributed by atoms with Crippen LogP contribution in [0.1, 0.15) is 39.3 Å². The molecule has 286 valence electrons. The molecule has 7 aromatic carbocycles. The third-order valence-corrected chi connectivity index (χ3v) is 11.3. The molecule has 0 aliphatic heterocycles. The second-order valence-electron chi connectivity index (χ2n) is 15.2. The average molecular weight is 792 g/mol. The third kappa shape index (κ3) is 5.97. The van der Waals surface area contributed by atoms with Gasteiger partial charge >= 0.3 is 0 Å². The molecule has 0 unspecified atom stereocenters. The highest BCUT2D eigenvalue weighted by Gasteiger charge is 2.25. The van der Waals surface area contributed by atoms with Crippen LogP contribution in [-0.2, 0) is 0 Å². The number of hydrogen-bond acceptors (Lipinski definition) is 7. The molecule has 0 amide bonds. The van der Waals surface area contributed by atoms with Crippen LogP contribution >= 0.6 is 0 Å². The van der Waals surface area contributed by atoms with Crippen molar-refractivity contribution < 1.29 is 0 Å². The summed E-state index contributed by atoms with van der Waals surface area (Å²) in [6, 6.07) is 55.9. The van der Waals surface area contributed by atoms with Crippen molar-refractivity contribution in [2.75, 3.05) is 0 Å². The highest BCUT2D eigenvalue weighted by atomic mass is 15.0. The van der Waals surface area contributed by atoms with Gasteiger partial charge in [-0.25, -0.2) is 9.97 Å². The molecule has 62 heavy (non-hydrogen) atoms. The summed E-state index contributed by atoms with van der Waals surface area (Å²) in [6.45, 7) is 3.81. The minimum Gasteiger partial charge on any atom is -0.308 e. The van der Waals surface area contributed by atoms with E-state index in [-0.39, 0.29) is 0 Å². The number of fused-ring (bicyclic) bond motifs is 6. The first-order valence-electron chi connectivity index (χ1n) is 19.7. The van der Waals surface area contributed by atoms with Crippen LogP contribution in [0.2, 0.25) is 0 Å². The molecule has 3 heterocycles. The van der Waals surface area contributed by atoms with Crippen molar-refractivity contribution in [3.8, 4) is 75.2 Å². The van der Waals surface area contributed by atoms with Gasteiger partial charge in [-0.1, -0.05) is 60.7 Å². The van der Waals surface area contributed by atoms with E-state index in [1.54, 1.807) is 36.4 Å². The van der Waals surface area contributed by atoms with Gasteiger partial charge in [0.1, 0.15) is 5.82 Å². The molecule has 3 aromatic heterocycles. The van der Waals surface area contributed by atoms with Gasteiger partial charge in [0.2, 0.25) is 0 Å². The summed E-state index contributed by atoms with van der Waals surface area (Å²) >= 11 is 0. The fourth-order valence-electron chi connectivity index (χ4n) is 8.80. The molecule has 0 spiro atoms. The van der Waals surface area contributed by atoms with Crippen molar-refractivity contribution >= 4 is 43.6 Å². The van der Waals surface area contributed by atoms with Gasteiger partial charge in [0.05, 0.1) is 97.3 Å². The fraction of sp³-hybridized carbons (Fsp3) is 0.0377. The van der Waals surface area contributed by atoms with Gasteiger partial charge in [0.15, 0.2) is 0 Å². The largest absolute Gasteiger partial charge is 0.308 e. The maximum absolute atomic E-state index is 10.9. The van der Waals surface area contributed by atoms with Crippen LogP contribution in [0.5, 0.6) is 0 Å². The minimum absolute atomic E-state index is 0.389.